The highest BCUT2D eigenvalue weighted by atomic mass is 16.6. The molecular weight excluding hydrogens is 214 g/mol. The highest BCUT2D eigenvalue weighted by Crippen LogP contribution is 2.27. The van der Waals surface area contributed by atoms with Crippen LogP contribution in [0.4, 0.5) is 4.79 Å². The molecule has 0 aromatic carbocycles. The van der Waals surface area contributed by atoms with Gasteiger partial charge in [-0.1, -0.05) is 18.9 Å². The molecule has 17 heavy (non-hydrogen) atoms. The molecule has 0 radical (unpaired) electrons. The number of carbonyl (C=O) groups excluding carboxylic acids is 1. The quantitative estimate of drug-likeness (QED) is 0.763. The van der Waals surface area contributed by atoms with E-state index in [0.717, 1.165) is 12.8 Å². The van der Waals surface area contributed by atoms with Gasteiger partial charge >= 0.3 is 6.09 Å². The Hall–Kier alpha value is -0.990. The van der Waals surface area contributed by atoms with Crippen LogP contribution in [-0.2, 0) is 4.74 Å². The lowest BCUT2D eigenvalue weighted by atomic mass is 9.82. The van der Waals surface area contributed by atoms with E-state index in [2.05, 4.69) is 11.9 Å². The summed E-state index contributed by atoms with van der Waals surface area (Å²) >= 11 is 0. The van der Waals surface area contributed by atoms with Crippen molar-refractivity contribution < 1.29 is 9.53 Å². The number of alkyl carbamates (subject to hydrolysis) is 1. The predicted molar refractivity (Wildman–Crippen MR) is 69.9 cm³/mol. The minimum Gasteiger partial charge on any atom is -0.444 e. The SMILES string of the molecule is C=CC[C@H]1CCCC[C@@H]1NC(=O)OC(C)(C)C. The Morgan fingerprint density at radius 2 is 2.06 bits per heavy atom. The fraction of sp³-hybridized carbons (Fsp3) is 0.786. The van der Waals surface area contributed by atoms with Crippen molar-refractivity contribution in [2.75, 3.05) is 0 Å². The van der Waals surface area contributed by atoms with E-state index in [-0.39, 0.29) is 12.1 Å². The molecule has 3 heteroatoms. The smallest absolute Gasteiger partial charge is 0.407 e. The van der Waals surface area contributed by atoms with Crippen LogP contribution in [0.5, 0.6) is 0 Å². The van der Waals surface area contributed by atoms with Crippen molar-refractivity contribution in [1.82, 2.24) is 5.32 Å². The van der Waals surface area contributed by atoms with Crippen molar-refractivity contribution in [3.05, 3.63) is 12.7 Å². The van der Waals surface area contributed by atoms with Crippen LogP contribution in [0.3, 0.4) is 0 Å². The van der Waals surface area contributed by atoms with Gasteiger partial charge in [0.1, 0.15) is 5.60 Å². The topological polar surface area (TPSA) is 38.3 Å². The molecule has 0 saturated heterocycles. The third kappa shape index (κ3) is 5.24. The maximum atomic E-state index is 11.7. The normalized spacial score (nSPS) is 25.1. The van der Waals surface area contributed by atoms with Crippen LogP contribution < -0.4 is 5.32 Å². The van der Waals surface area contributed by atoms with Gasteiger partial charge in [-0.05, 0) is 46.0 Å². The van der Waals surface area contributed by atoms with Crippen LogP contribution in [0, 0.1) is 5.92 Å². The molecule has 1 N–H and O–H groups in total. The average Bonchev–Trinajstić information content (AvgIpc) is 2.18. The molecule has 3 nitrogen and oxygen atoms in total. The lowest BCUT2D eigenvalue weighted by Gasteiger charge is -2.32. The summed E-state index contributed by atoms with van der Waals surface area (Å²) in [5, 5.41) is 3.00. The van der Waals surface area contributed by atoms with Gasteiger partial charge < -0.3 is 10.1 Å². The Bertz CT molecular complexity index is 268. The molecule has 0 unspecified atom stereocenters. The van der Waals surface area contributed by atoms with E-state index in [9.17, 15) is 4.79 Å². The van der Waals surface area contributed by atoms with Gasteiger partial charge in [-0.15, -0.1) is 6.58 Å². The van der Waals surface area contributed by atoms with Gasteiger partial charge in [-0.3, -0.25) is 0 Å². The number of allylic oxidation sites excluding steroid dienone is 1. The van der Waals surface area contributed by atoms with Gasteiger partial charge in [0.2, 0.25) is 0 Å². The fourth-order valence-corrected chi connectivity index (χ4v) is 2.35. The van der Waals surface area contributed by atoms with Gasteiger partial charge in [0.25, 0.3) is 0 Å². The Morgan fingerprint density at radius 3 is 2.65 bits per heavy atom. The largest absolute Gasteiger partial charge is 0.444 e. The first-order chi connectivity index (χ1) is 7.92. The first kappa shape index (κ1) is 14.1. The summed E-state index contributed by atoms with van der Waals surface area (Å²) < 4.78 is 5.29. The second-order valence-corrected chi connectivity index (χ2v) is 5.82. The number of ether oxygens (including phenoxy) is 1. The van der Waals surface area contributed by atoms with Crippen molar-refractivity contribution in [2.24, 2.45) is 5.92 Å². The molecule has 2 atom stereocenters. The molecule has 0 aromatic heterocycles. The van der Waals surface area contributed by atoms with E-state index >= 15 is 0 Å². The fourth-order valence-electron chi connectivity index (χ4n) is 2.35. The maximum absolute atomic E-state index is 11.7. The molecule has 0 aromatic rings. The van der Waals surface area contributed by atoms with Gasteiger partial charge in [-0.25, -0.2) is 4.79 Å². The Morgan fingerprint density at radius 1 is 1.41 bits per heavy atom. The molecule has 98 valence electrons. The van der Waals surface area contributed by atoms with E-state index in [4.69, 9.17) is 4.74 Å². The number of rotatable bonds is 3. The molecule has 0 heterocycles. The minimum atomic E-state index is -0.424. The Labute approximate surface area is 105 Å². The number of nitrogens with one attached hydrogen (secondary N) is 1. The van der Waals surface area contributed by atoms with Crippen LogP contribution in [0.15, 0.2) is 12.7 Å². The highest BCUT2D eigenvalue weighted by molar-refractivity contribution is 5.68. The molecule has 1 aliphatic rings. The second kappa shape index (κ2) is 6.08. The number of hydrogen-bond acceptors (Lipinski definition) is 2. The van der Waals surface area contributed by atoms with Crippen LogP contribution in [-0.4, -0.2) is 17.7 Å². The second-order valence-electron chi connectivity index (χ2n) is 5.82. The molecule has 0 bridgehead atoms. The lowest BCUT2D eigenvalue weighted by Crippen LogP contribution is -2.44. The Kier molecular flexibility index (Phi) is 5.03. The van der Waals surface area contributed by atoms with Crippen LogP contribution >= 0.6 is 0 Å². The summed E-state index contributed by atoms with van der Waals surface area (Å²) in [7, 11) is 0. The van der Waals surface area contributed by atoms with Crippen molar-refractivity contribution in [2.45, 2.75) is 64.5 Å². The standard InChI is InChI=1S/C14H25NO2/c1-5-8-11-9-6-7-10-12(11)15-13(16)17-14(2,3)4/h5,11-12H,1,6-10H2,2-4H3,(H,15,16)/t11-,12-/m0/s1. The van der Waals surface area contributed by atoms with Crippen molar-refractivity contribution >= 4 is 6.09 Å². The molecule has 0 spiro atoms. The van der Waals surface area contributed by atoms with Crippen LogP contribution in [0.25, 0.3) is 0 Å². The molecule has 1 amide bonds. The maximum Gasteiger partial charge on any atom is 0.407 e. The molecule has 1 rings (SSSR count). The van der Waals surface area contributed by atoms with E-state index in [0.29, 0.717) is 5.92 Å². The van der Waals surface area contributed by atoms with Gasteiger partial charge in [0.05, 0.1) is 0 Å². The summed E-state index contributed by atoms with van der Waals surface area (Å²) in [4.78, 5) is 11.7. The number of amides is 1. The summed E-state index contributed by atoms with van der Waals surface area (Å²) in [6.07, 6.45) is 7.29. The monoisotopic (exact) mass is 239 g/mol. The summed E-state index contributed by atoms with van der Waals surface area (Å²) in [6, 6.07) is 0.247. The number of carbonyl (C=O) groups is 1. The Balaban J connectivity index is 2.47. The van der Waals surface area contributed by atoms with Crippen LogP contribution in [0.2, 0.25) is 0 Å². The molecule has 1 fully saturated rings. The predicted octanol–water partition coefficient (Wildman–Crippen LogP) is 3.65. The van der Waals surface area contributed by atoms with Gasteiger partial charge in [-0.2, -0.15) is 0 Å². The van der Waals surface area contributed by atoms with Gasteiger partial charge in [0, 0.05) is 6.04 Å². The van der Waals surface area contributed by atoms with Crippen molar-refractivity contribution in [1.29, 1.82) is 0 Å². The molecule has 0 aliphatic heterocycles. The van der Waals surface area contributed by atoms with E-state index in [1.165, 1.54) is 19.3 Å². The number of hydrogen-bond donors (Lipinski definition) is 1. The van der Waals surface area contributed by atoms with Gasteiger partial charge in [0.15, 0.2) is 0 Å². The van der Waals surface area contributed by atoms with Crippen molar-refractivity contribution in [3.8, 4) is 0 Å². The highest BCUT2D eigenvalue weighted by Gasteiger charge is 2.27. The zero-order valence-electron chi connectivity index (χ0n) is 11.3. The van der Waals surface area contributed by atoms with E-state index in [1.807, 2.05) is 26.8 Å². The average molecular weight is 239 g/mol. The first-order valence-corrected chi connectivity index (χ1v) is 6.53. The summed E-state index contributed by atoms with van der Waals surface area (Å²) in [5.74, 6) is 0.522. The van der Waals surface area contributed by atoms with Crippen molar-refractivity contribution in [3.63, 3.8) is 0 Å². The summed E-state index contributed by atoms with van der Waals surface area (Å²) in [5.41, 5.74) is -0.424. The summed E-state index contributed by atoms with van der Waals surface area (Å²) in [6.45, 7) is 9.43. The third-order valence-corrected chi connectivity index (χ3v) is 3.08. The first-order valence-electron chi connectivity index (χ1n) is 6.53. The van der Waals surface area contributed by atoms with E-state index < -0.39 is 5.60 Å². The minimum absolute atomic E-state index is 0.247. The molecular formula is C14H25NO2. The zero-order chi connectivity index (χ0) is 12.9. The van der Waals surface area contributed by atoms with Crippen LogP contribution in [0.1, 0.15) is 52.9 Å². The molecule has 1 saturated carbocycles. The molecule has 1 aliphatic carbocycles. The van der Waals surface area contributed by atoms with E-state index in [1.54, 1.807) is 0 Å². The zero-order valence-corrected chi connectivity index (χ0v) is 11.3. The lowest BCUT2D eigenvalue weighted by molar-refractivity contribution is 0.0469. The third-order valence-electron chi connectivity index (χ3n) is 3.08.